The van der Waals surface area contributed by atoms with E-state index < -0.39 is 34.5 Å². The molecule has 0 bridgehead atoms. The molecule has 6 N–H and O–H groups in total. The number of rotatable bonds is 16. The van der Waals surface area contributed by atoms with Crippen LogP contribution in [-0.4, -0.2) is 55.4 Å². The van der Waals surface area contributed by atoms with Gasteiger partial charge in [0.2, 0.25) is 21.8 Å². The first-order chi connectivity index (χ1) is 19.6. The fourth-order valence-electron chi connectivity index (χ4n) is 4.54. The Hall–Kier alpha value is -3.73. The number of hydrogen-bond donors (Lipinski definition) is 4. The molecule has 219 valence electrons. The maximum absolute atomic E-state index is 13.5. The van der Waals surface area contributed by atoms with Crippen LogP contribution in [0.15, 0.2) is 89.8 Å². The average Bonchev–Trinajstić information content (AvgIpc) is 2.97. The van der Waals surface area contributed by atoms with Crippen LogP contribution in [0, 0.1) is 12.3 Å². The van der Waals surface area contributed by atoms with Crippen LogP contribution in [0.4, 0.5) is 5.69 Å². The van der Waals surface area contributed by atoms with Crippen molar-refractivity contribution >= 4 is 27.5 Å². The molecule has 3 aromatic rings. The summed E-state index contributed by atoms with van der Waals surface area (Å²) in [5, 5.41) is 13.1. The number of aliphatic hydroxyl groups excluding tert-OH is 1. The predicted octanol–water partition coefficient (Wildman–Crippen LogP) is 3.06. The molecule has 9 nitrogen and oxygen atoms in total. The van der Waals surface area contributed by atoms with Crippen LogP contribution in [0.1, 0.15) is 43.2 Å². The molecule has 1 radical (unpaired) electrons. The molecule has 41 heavy (non-hydrogen) atoms. The quantitative estimate of drug-likeness (QED) is 0.151. The normalized spacial score (nSPS) is 13.2. The number of aliphatic hydroxyl groups is 1. The largest absolute Gasteiger partial charge is 0.399 e. The average molecular weight is 580 g/mol. The number of nitrogens with two attached hydrogens (primary N) is 2. The van der Waals surface area contributed by atoms with Gasteiger partial charge in [-0.1, -0.05) is 74.0 Å². The molecular weight excluding hydrogens is 540 g/mol. The number of anilines is 1. The molecule has 2 atom stereocenters. The predicted molar refractivity (Wildman–Crippen MR) is 160 cm³/mol. The van der Waals surface area contributed by atoms with E-state index in [1.807, 2.05) is 60.7 Å². The minimum Gasteiger partial charge on any atom is -0.399 e. The first-order valence-electron chi connectivity index (χ1n) is 13.6. The first kappa shape index (κ1) is 31.8. The Morgan fingerprint density at radius 1 is 0.927 bits per heavy atom. The number of carbonyl (C=O) groups excluding carboxylic acids is 2. The van der Waals surface area contributed by atoms with Crippen molar-refractivity contribution in [1.29, 1.82) is 0 Å². The van der Waals surface area contributed by atoms with E-state index >= 15 is 0 Å². The number of carbonyl (C=O) groups is 2. The smallest absolute Gasteiger partial charge is 0.243 e. The molecule has 10 heteroatoms. The Bertz CT molecular complexity index is 1310. The van der Waals surface area contributed by atoms with Crippen LogP contribution in [0.2, 0.25) is 0 Å². The molecular formula is C31H39N4O5S. The second kappa shape index (κ2) is 15.3. The molecule has 0 aliphatic carbocycles. The van der Waals surface area contributed by atoms with Gasteiger partial charge in [-0.25, -0.2) is 8.42 Å². The van der Waals surface area contributed by atoms with Crippen molar-refractivity contribution in [2.75, 3.05) is 25.4 Å². The van der Waals surface area contributed by atoms with Crippen LogP contribution in [-0.2, 0) is 19.6 Å². The lowest BCUT2D eigenvalue weighted by Gasteiger charge is -2.31. The molecule has 0 aliphatic rings. The maximum Gasteiger partial charge on any atom is 0.243 e. The van der Waals surface area contributed by atoms with E-state index in [1.54, 1.807) is 13.3 Å². The molecule has 3 aromatic carbocycles. The summed E-state index contributed by atoms with van der Waals surface area (Å²) in [6, 6.07) is 24.5. The summed E-state index contributed by atoms with van der Waals surface area (Å²) in [6.07, 6.45) is 3.09. The van der Waals surface area contributed by atoms with Gasteiger partial charge in [0.25, 0.3) is 0 Å². The minimum absolute atomic E-state index is 0.0102. The second-order valence-corrected chi connectivity index (χ2v) is 11.9. The Labute approximate surface area is 242 Å². The Morgan fingerprint density at radius 3 is 2.00 bits per heavy atom. The van der Waals surface area contributed by atoms with Gasteiger partial charge in [0.15, 0.2) is 0 Å². The third kappa shape index (κ3) is 9.14. The van der Waals surface area contributed by atoms with Gasteiger partial charge in [0.05, 0.1) is 17.9 Å². The van der Waals surface area contributed by atoms with Gasteiger partial charge < -0.3 is 21.9 Å². The molecule has 2 amide bonds. The Kier molecular flexibility index (Phi) is 11.9. The highest BCUT2D eigenvalue weighted by molar-refractivity contribution is 7.89. The van der Waals surface area contributed by atoms with Crippen molar-refractivity contribution in [2.45, 2.75) is 43.0 Å². The zero-order valence-electron chi connectivity index (χ0n) is 23.2. The first-order valence-corrected chi connectivity index (χ1v) is 15.1. The summed E-state index contributed by atoms with van der Waals surface area (Å²) < 4.78 is 28.1. The van der Waals surface area contributed by atoms with E-state index in [9.17, 15) is 23.1 Å². The van der Waals surface area contributed by atoms with E-state index in [4.69, 9.17) is 11.5 Å². The molecule has 0 saturated carbocycles. The fourth-order valence-corrected chi connectivity index (χ4v) is 6.27. The van der Waals surface area contributed by atoms with Crippen LogP contribution < -0.4 is 16.8 Å². The number of nitrogen functional groups attached to an aromatic ring is 1. The van der Waals surface area contributed by atoms with Crippen molar-refractivity contribution < 1.29 is 23.1 Å². The number of sulfonamides is 1. The summed E-state index contributed by atoms with van der Waals surface area (Å²) in [6.45, 7) is 1.33. The molecule has 3 rings (SSSR count). The van der Waals surface area contributed by atoms with Crippen molar-refractivity contribution in [3.05, 3.63) is 102 Å². The zero-order chi connectivity index (χ0) is 29.8. The van der Waals surface area contributed by atoms with E-state index in [1.165, 1.54) is 24.3 Å². The molecule has 2 unspecified atom stereocenters. The molecule has 0 fully saturated rings. The van der Waals surface area contributed by atoms with Gasteiger partial charge in [-0.2, -0.15) is 4.31 Å². The van der Waals surface area contributed by atoms with Gasteiger partial charge in [0.1, 0.15) is 0 Å². The van der Waals surface area contributed by atoms with Crippen molar-refractivity contribution in [3.63, 3.8) is 0 Å². The van der Waals surface area contributed by atoms with Gasteiger partial charge >= 0.3 is 0 Å². The lowest BCUT2D eigenvalue weighted by molar-refractivity contribution is -0.121. The van der Waals surface area contributed by atoms with E-state index in [0.717, 1.165) is 15.4 Å². The lowest BCUT2D eigenvalue weighted by atomic mass is 9.88. The molecule has 0 heterocycles. The molecule has 0 aliphatic heterocycles. The van der Waals surface area contributed by atoms with Crippen LogP contribution >= 0.6 is 0 Å². The highest BCUT2D eigenvalue weighted by atomic mass is 32.2. The SMILES string of the molecule is CC(CN(C(CO)CCCCNC(=O)[CH]C(c1ccccc1)c1ccccc1)S(=O)(=O)c1ccc(N)cc1)C(N)=O. The summed E-state index contributed by atoms with van der Waals surface area (Å²) in [7, 11) is -4.04. The number of unbranched alkanes of at least 4 members (excludes halogenated alkanes) is 1. The third-order valence-corrected chi connectivity index (χ3v) is 8.88. The summed E-state index contributed by atoms with van der Waals surface area (Å²) in [5.74, 6) is -1.80. The number of benzene rings is 3. The highest BCUT2D eigenvalue weighted by Crippen LogP contribution is 2.27. The van der Waals surface area contributed by atoms with Crippen LogP contribution in [0.25, 0.3) is 0 Å². The van der Waals surface area contributed by atoms with E-state index in [2.05, 4.69) is 5.32 Å². The van der Waals surface area contributed by atoms with Gasteiger partial charge in [-0.3, -0.25) is 9.59 Å². The maximum atomic E-state index is 13.5. The van der Waals surface area contributed by atoms with Gasteiger partial charge in [-0.15, -0.1) is 0 Å². The van der Waals surface area contributed by atoms with Crippen molar-refractivity contribution in [3.8, 4) is 0 Å². The third-order valence-electron chi connectivity index (χ3n) is 6.94. The van der Waals surface area contributed by atoms with Crippen molar-refractivity contribution in [1.82, 2.24) is 9.62 Å². The number of nitrogens with one attached hydrogen (secondary N) is 1. The number of nitrogens with zero attached hydrogens (tertiary/aromatic N) is 1. The monoisotopic (exact) mass is 579 g/mol. The summed E-state index contributed by atoms with van der Waals surface area (Å²) in [4.78, 5) is 24.6. The highest BCUT2D eigenvalue weighted by Gasteiger charge is 2.33. The molecule has 0 spiro atoms. The van der Waals surface area contributed by atoms with E-state index in [0.29, 0.717) is 31.5 Å². The van der Waals surface area contributed by atoms with E-state index in [-0.39, 0.29) is 23.3 Å². The standard InChI is InChI=1S/C31H39N4O5S/c1-23(31(33)38)21-35(41(39,40)28-17-15-26(32)16-18-28)27(22-36)14-8-9-19-34-30(37)20-29(24-10-4-2-5-11-24)25-12-6-3-7-13-25/h2-7,10-13,15-18,20,23,27,29,36H,8-9,14,19,21-22,32H2,1H3,(H2,33,38)(H,34,37). The topological polar surface area (TPSA) is 156 Å². The van der Waals surface area contributed by atoms with Crippen molar-refractivity contribution in [2.24, 2.45) is 11.7 Å². The van der Waals surface area contributed by atoms with Gasteiger partial charge in [0, 0.05) is 36.7 Å². The Balaban J connectivity index is 1.60. The molecule has 0 saturated heterocycles. The van der Waals surface area contributed by atoms with Gasteiger partial charge in [-0.05, 0) is 48.2 Å². The summed E-state index contributed by atoms with van der Waals surface area (Å²) in [5.41, 5.74) is 13.6. The number of primary amides is 1. The summed E-state index contributed by atoms with van der Waals surface area (Å²) >= 11 is 0. The fraction of sp³-hybridized carbons (Fsp3) is 0.323. The van der Waals surface area contributed by atoms with Crippen LogP contribution in [0.3, 0.4) is 0 Å². The van der Waals surface area contributed by atoms with Crippen LogP contribution in [0.5, 0.6) is 0 Å². The lowest BCUT2D eigenvalue weighted by Crippen LogP contribution is -2.46. The second-order valence-electron chi connectivity index (χ2n) is 10.0. The Morgan fingerprint density at radius 2 is 1.49 bits per heavy atom. The number of amides is 2. The minimum atomic E-state index is -4.04. The molecule has 0 aromatic heterocycles. The number of hydrogen-bond acceptors (Lipinski definition) is 6. The zero-order valence-corrected chi connectivity index (χ0v) is 24.0.